The Morgan fingerprint density at radius 2 is 1.88 bits per heavy atom. The first kappa shape index (κ1) is 16.3. The van der Waals surface area contributed by atoms with Gasteiger partial charge in [-0.05, 0) is 35.7 Å². The molecule has 0 fully saturated rings. The summed E-state index contributed by atoms with van der Waals surface area (Å²) in [5.41, 5.74) is 2.51. The minimum Gasteiger partial charge on any atom is -0.256 e. The van der Waals surface area contributed by atoms with Crippen molar-refractivity contribution in [3.8, 4) is 17.3 Å². The first-order valence-electron chi connectivity index (χ1n) is 6.92. The van der Waals surface area contributed by atoms with E-state index < -0.39 is 10.0 Å². The number of sulfonamides is 1. The molecule has 0 aliphatic rings. The van der Waals surface area contributed by atoms with E-state index in [1.165, 1.54) is 41.8 Å². The zero-order valence-corrected chi connectivity index (χ0v) is 14.0. The van der Waals surface area contributed by atoms with Crippen LogP contribution < -0.4 is 4.72 Å². The SMILES string of the molecule is N#Cc1ccc(S(=O)(=O)NCc2nccnc2-c2ccsc2)cc1. The molecule has 1 N–H and O–H groups in total. The van der Waals surface area contributed by atoms with Crippen LogP contribution in [-0.4, -0.2) is 18.4 Å². The van der Waals surface area contributed by atoms with Crippen LogP contribution in [0.15, 0.2) is 58.4 Å². The van der Waals surface area contributed by atoms with Gasteiger partial charge in [0.2, 0.25) is 10.0 Å². The molecule has 0 atom stereocenters. The summed E-state index contributed by atoms with van der Waals surface area (Å²) < 4.78 is 27.2. The Hall–Kier alpha value is -2.60. The molecule has 0 aliphatic carbocycles. The van der Waals surface area contributed by atoms with E-state index in [4.69, 9.17) is 5.26 Å². The molecule has 3 aromatic rings. The standard InChI is InChI=1S/C16H12N4O2S2/c17-9-12-1-3-14(4-2-12)24(21,22)20-10-15-16(19-7-6-18-15)13-5-8-23-11-13/h1-8,11,20H,10H2. The normalized spacial score (nSPS) is 11.1. The molecule has 0 aliphatic heterocycles. The summed E-state index contributed by atoms with van der Waals surface area (Å²) in [5.74, 6) is 0. The van der Waals surface area contributed by atoms with Crippen molar-refractivity contribution >= 4 is 21.4 Å². The zero-order chi connectivity index (χ0) is 17.0. The third-order valence-electron chi connectivity index (χ3n) is 3.29. The van der Waals surface area contributed by atoms with Gasteiger partial charge in [-0.1, -0.05) is 0 Å². The molecule has 0 unspecified atom stereocenters. The van der Waals surface area contributed by atoms with Crippen molar-refractivity contribution in [2.24, 2.45) is 0 Å². The molecule has 0 bridgehead atoms. The van der Waals surface area contributed by atoms with Crippen LogP contribution in [0.4, 0.5) is 0 Å². The van der Waals surface area contributed by atoms with Crippen LogP contribution in [0.25, 0.3) is 11.3 Å². The summed E-state index contributed by atoms with van der Waals surface area (Å²) in [4.78, 5) is 8.62. The number of nitrogens with one attached hydrogen (secondary N) is 1. The molecule has 0 saturated carbocycles. The van der Waals surface area contributed by atoms with Crippen molar-refractivity contribution in [1.82, 2.24) is 14.7 Å². The van der Waals surface area contributed by atoms with E-state index in [0.29, 0.717) is 17.0 Å². The first-order chi connectivity index (χ1) is 11.6. The highest BCUT2D eigenvalue weighted by Gasteiger charge is 2.16. The highest BCUT2D eigenvalue weighted by atomic mass is 32.2. The number of hydrogen-bond donors (Lipinski definition) is 1. The van der Waals surface area contributed by atoms with Crippen molar-refractivity contribution in [3.05, 3.63) is 64.7 Å². The van der Waals surface area contributed by atoms with Crippen LogP contribution in [0, 0.1) is 11.3 Å². The Kier molecular flexibility index (Phi) is 4.66. The smallest absolute Gasteiger partial charge is 0.240 e. The predicted octanol–water partition coefficient (Wildman–Crippen LogP) is 2.56. The number of rotatable bonds is 5. The molecule has 0 amide bonds. The van der Waals surface area contributed by atoms with Crippen LogP contribution in [0.1, 0.15) is 11.3 Å². The summed E-state index contributed by atoms with van der Waals surface area (Å²) in [6.07, 6.45) is 3.10. The van der Waals surface area contributed by atoms with Gasteiger partial charge in [-0.25, -0.2) is 13.1 Å². The Bertz CT molecular complexity index is 976. The Morgan fingerprint density at radius 1 is 1.12 bits per heavy atom. The Balaban J connectivity index is 1.82. The van der Waals surface area contributed by atoms with E-state index in [1.807, 2.05) is 22.9 Å². The molecular formula is C16H12N4O2S2. The molecule has 0 saturated heterocycles. The second-order valence-electron chi connectivity index (χ2n) is 4.82. The molecular weight excluding hydrogens is 344 g/mol. The fraction of sp³-hybridized carbons (Fsp3) is 0.0625. The lowest BCUT2D eigenvalue weighted by Gasteiger charge is -2.09. The summed E-state index contributed by atoms with van der Waals surface area (Å²) in [6.45, 7) is 0.0291. The minimum atomic E-state index is -3.69. The zero-order valence-electron chi connectivity index (χ0n) is 12.4. The van der Waals surface area contributed by atoms with E-state index in [-0.39, 0.29) is 11.4 Å². The van der Waals surface area contributed by atoms with Crippen LogP contribution in [0.3, 0.4) is 0 Å². The van der Waals surface area contributed by atoms with Crippen molar-refractivity contribution < 1.29 is 8.42 Å². The van der Waals surface area contributed by atoms with Crippen molar-refractivity contribution in [2.75, 3.05) is 0 Å². The van der Waals surface area contributed by atoms with Gasteiger partial charge < -0.3 is 0 Å². The molecule has 3 rings (SSSR count). The van der Waals surface area contributed by atoms with E-state index >= 15 is 0 Å². The van der Waals surface area contributed by atoms with E-state index in [2.05, 4.69) is 14.7 Å². The fourth-order valence-electron chi connectivity index (χ4n) is 2.09. The molecule has 2 aromatic heterocycles. The lowest BCUT2D eigenvalue weighted by molar-refractivity contribution is 0.580. The van der Waals surface area contributed by atoms with E-state index in [9.17, 15) is 8.42 Å². The molecule has 120 valence electrons. The Morgan fingerprint density at radius 3 is 2.54 bits per heavy atom. The summed E-state index contributed by atoms with van der Waals surface area (Å²) in [6, 6.07) is 9.60. The topological polar surface area (TPSA) is 95.7 Å². The third-order valence-corrected chi connectivity index (χ3v) is 5.39. The van der Waals surface area contributed by atoms with Crippen LogP contribution >= 0.6 is 11.3 Å². The molecule has 1 aromatic carbocycles. The Labute approximate surface area is 143 Å². The first-order valence-corrected chi connectivity index (χ1v) is 9.35. The largest absolute Gasteiger partial charge is 0.256 e. The van der Waals surface area contributed by atoms with Gasteiger partial charge in [-0.15, -0.1) is 0 Å². The van der Waals surface area contributed by atoms with Gasteiger partial charge in [-0.2, -0.15) is 16.6 Å². The second kappa shape index (κ2) is 6.88. The van der Waals surface area contributed by atoms with Crippen molar-refractivity contribution in [1.29, 1.82) is 5.26 Å². The van der Waals surface area contributed by atoms with Crippen LogP contribution in [0.5, 0.6) is 0 Å². The van der Waals surface area contributed by atoms with Gasteiger partial charge in [-0.3, -0.25) is 9.97 Å². The van der Waals surface area contributed by atoms with Gasteiger partial charge >= 0.3 is 0 Å². The molecule has 0 radical (unpaired) electrons. The van der Waals surface area contributed by atoms with Crippen LogP contribution in [-0.2, 0) is 16.6 Å². The molecule has 6 nitrogen and oxygen atoms in total. The van der Waals surface area contributed by atoms with Gasteiger partial charge in [0.1, 0.15) is 0 Å². The molecule has 24 heavy (non-hydrogen) atoms. The second-order valence-corrected chi connectivity index (χ2v) is 7.37. The maximum Gasteiger partial charge on any atom is 0.240 e. The number of aromatic nitrogens is 2. The van der Waals surface area contributed by atoms with E-state index in [1.54, 1.807) is 6.20 Å². The van der Waals surface area contributed by atoms with Crippen molar-refractivity contribution in [2.45, 2.75) is 11.4 Å². The number of thiophene rings is 1. The van der Waals surface area contributed by atoms with Gasteiger partial charge in [0.05, 0.1) is 34.5 Å². The molecule has 0 spiro atoms. The highest BCUT2D eigenvalue weighted by Crippen LogP contribution is 2.22. The van der Waals surface area contributed by atoms with E-state index in [0.717, 1.165) is 5.56 Å². The lowest BCUT2D eigenvalue weighted by Crippen LogP contribution is -2.24. The number of hydrogen-bond acceptors (Lipinski definition) is 6. The summed E-state index contributed by atoms with van der Waals surface area (Å²) in [5, 5.41) is 12.6. The maximum absolute atomic E-state index is 12.4. The summed E-state index contributed by atoms with van der Waals surface area (Å²) >= 11 is 1.53. The number of benzene rings is 1. The number of nitrogens with zero attached hydrogens (tertiary/aromatic N) is 3. The monoisotopic (exact) mass is 356 g/mol. The predicted molar refractivity (Wildman–Crippen MR) is 90.5 cm³/mol. The molecule has 2 heterocycles. The fourth-order valence-corrected chi connectivity index (χ4v) is 3.72. The van der Waals surface area contributed by atoms with Gasteiger partial charge in [0.15, 0.2) is 0 Å². The quantitative estimate of drug-likeness (QED) is 0.758. The third kappa shape index (κ3) is 3.49. The van der Waals surface area contributed by atoms with Gasteiger partial charge in [0, 0.05) is 23.3 Å². The van der Waals surface area contributed by atoms with Crippen LogP contribution in [0.2, 0.25) is 0 Å². The molecule has 8 heteroatoms. The summed E-state index contributed by atoms with van der Waals surface area (Å²) in [7, 11) is -3.69. The lowest BCUT2D eigenvalue weighted by atomic mass is 10.2. The average Bonchev–Trinajstić information content (AvgIpc) is 3.15. The van der Waals surface area contributed by atoms with Gasteiger partial charge in [0.25, 0.3) is 0 Å². The highest BCUT2D eigenvalue weighted by molar-refractivity contribution is 7.89. The number of nitriles is 1. The maximum atomic E-state index is 12.4. The average molecular weight is 356 g/mol. The minimum absolute atomic E-state index is 0.0291. The van der Waals surface area contributed by atoms with Crippen molar-refractivity contribution in [3.63, 3.8) is 0 Å².